The van der Waals surface area contributed by atoms with Crippen LogP contribution in [0.4, 0.5) is 5.69 Å². The van der Waals surface area contributed by atoms with Crippen molar-refractivity contribution in [2.24, 2.45) is 0 Å². The highest BCUT2D eigenvalue weighted by Crippen LogP contribution is 2.23. The van der Waals surface area contributed by atoms with Crippen molar-refractivity contribution < 1.29 is 14.4 Å². The Kier molecular flexibility index (Phi) is 5.59. The number of Topliss-reactive ketones (excluding diaryl/α,β-unsaturated/α-hetero) is 1. The van der Waals surface area contributed by atoms with E-state index < -0.39 is 11.7 Å². The van der Waals surface area contributed by atoms with Crippen LogP contribution in [0.15, 0.2) is 48.5 Å². The summed E-state index contributed by atoms with van der Waals surface area (Å²) in [6, 6.07) is 14.2. The van der Waals surface area contributed by atoms with Crippen molar-refractivity contribution in [1.82, 2.24) is 10.3 Å². The number of anilines is 1. The summed E-state index contributed by atoms with van der Waals surface area (Å²) in [4.78, 5) is 39.9. The second kappa shape index (κ2) is 8.08. The predicted octanol–water partition coefficient (Wildman–Crippen LogP) is 3.88. The van der Waals surface area contributed by atoms with Gasteiger partial charge in [0.25, 0.3) is 11.7 Å². The van der Waals surface area contributed by atoms with Gasteiger partial charge in [0.1, 0.15) is 0 Å². The van der Waals surface area contributed by atoms with Gasteiger partial charge in [0.05, 0.1) is 11.6 Å². The van der Waals surface area contributed by atoms with Crippen molar-refractivity contribution >= 4 is 34.2 Å². The van der Waals surface area contributed by atoms with Gasteiger partial charge in [-0.15, -0.1) is 0 Å². The largest absolute Gasteiger partial charge is 0.358 e. The first-order valence-electron chi connectivity index (χ1n) is 9.23. The number of H-pyrrole nitrogens is 1. The average Bonchev–Trinajstić information content (AvgIpc) is 3.03. The monoisotopic (exact) mass is 377 g/mol. The normalized spacial score (nSPS) is 11.8. The maximum Gasteiger partial charge on any atom is 0.292 e. The van der Waals surface area contributed by atoms with Crippen molar-refractivity contribution in [2.75, 3.05) is 5.32 Å². The minimum absolute atomic E-state index is 0.0613. The Labute approximate surface area is 163 Å². The van der Waals surface area contributed by atoms with Crippen LogP contribution in [0, 0.1) is 6.92 Å². The predicted molar refractivity (Wildman–Crippen MR) is 109 cm³/mol. The molecule has 2 amide bonds. The quantitative estimate of drug-likeness (QED) is 0.450. The number of nitrogens with one attached hydrogen (secondary N) is 3. The highest BCUT2D eigenvalue weighted by atomic mass is 16.2. The summed E-state index contributed by atoms with van der Waals surface area (Å²) >= 11 is 0. The number of benzene rings is 2. The summed E-state index contributed by atoms with van der Waals surface area (Å²) < 4.78 is 0. The fourth-order valence-electron chi connectivity index (χ4n) is 3.13. The molecular formula is C22H23N3O3. The van der Waals surface area contributed by atoms with E-state index in [1.54, 1.807) is 26.0 Å². The zero-order valence-corrected chi connectivity index (χ0v) is 16.1. The molecule has 3 rings (SSSR count). The van der Waals surface area contributed by atoms with Crippen LogP contribution in [0.5, 0.6) is 0 Å². The average molecular weight is 377 g/mol. The fourth-order valence-corrected chi connectivity index (χ4v) is 3.13. The second-order valence-electron chi connectivity index (χ2n) is 6.72. The molecule has 0 spiro atoms. The van der Waals surface area contributed by atoms with Crippen molar-refractivity contribution in [3.05, 3.63) is 65.4 Å². The molecule has 3 N–H and O–H groups in total. The summed E-state index contributed by atoms with van der Waals surface area (Å²) in [5.41, 5.74) is 3.43. The number of aryl methyl sites for hydroxylation is 1. The molecule has 28 heavy (non-hydrogen) atoms. The molecule has 6 heteroatoms. The van der Waals surface area contributed by atoms with Gasteiger partial charge in [0.2, 0.25) is 5.91 Å². The van der Waals surface area contributed by atoms with E-state index in [0.29, 0.717) is 23.4 Å². The molecule has 0 saturated carbocycles. The molecule has 0 bridgehead atoms. The van der Waals surface area contributed by atoms with E-state index in [-0.39, 0.29) is 11.9 Å². The van der Waals surface area contributed by atoms with E-state index in [2.05, 4.69) is 15.6 Å². The van der Waals surface area contributed by atoms with Gasteiger partial charge in [-0.2, -0.15) is 0 Å². The molecule has 3 aromatic rings. The Morgan fingerprint density at radius 3 is 2.39 bits per heavy atom. The van der Waals surface area contributed by atoms with Crippen molar-refractivity contribution in [3.63, 3.8) is 0 Å². The summed E-state index contributed by atoms with van der Waals surface area (Å²) in [6.07, 6.45) is 0.406. The second-order valence-corrected chi connectivity index (χ2v) is 6.72. The van der Waals surface area contributed by atoms with Crippen LogP contribution >= 0.6 is 0 Å². The number of rotatable bonds is 6. The lowest BCUT2D eigenvalue weighted by molar-refractivity contribution is -0.117. The number of carbonyl (C=O) groups is 3. The van der Waals surface area contributed by atoms with Gasteiger partial charge in [-0.1, -0.05) is 37.3 Å². The fraction of sp³-hybridized carbons (Fsp3) is 0.227. The molecular weight excluding hydrogens is 354 g/mol. The molecule has 2 aromatic carbocycles. The smallest absolute Gasteiger partial charge is 0.292 e. The van der Waals surface area contributed by atoms with Crippen LogP contribution in [-0.4, -0.2) is 22.6 Å². The Morgan fingerprint density at radius 2 is 1.71 bits per heavy atom. The molecule has 144 valence electrons. The number of aromatic nitrogens is 1. The SMILES string of the molecule is CCC(=O)Nc1ccc(C(C)NC(=O)C(=O)c2c(C)[nH]c3ccccc23)cc1. The van der Waals surface area contributed by atoms with Crippen LogP contribution < -0.4 is 10.6 Å². The van der Waals surface area contributed by atoms with Gasteiger partial charge in [-0.05, 0) is 37.6 Å². The number of fused-ring (bicyclic) bond motifs is 1. The van der Waals surface area contributed by atoms with Crippen molar-refractivity contribution in [3.8, 4) is 0 Å². The van der Waals surface area contributed by atoms with Crippen LogP contribution in [0.25, 0.3) is 10.9 Å². The van der Waals surface area contributed by atoms with E-state index in [9.17, 15) is 14.4 Å². The number of aromatic amines is 1. The highest BCUT2D eigenvalue weighted by molar-refractivity contribution is 6.45. The molecule has 0 saturated heterocycles. The van der Waals surface area contributed by atoms with Gasteiger partial charge >= 0.3 is 0 Å². The molecule has 0 fully saturated rings. The maximum atomic E-state index is 12.7. The molecule has 1 heterocycles. The number of amides is 2. The highest BCUT2D eigenvalue weighted by Gasteiger charge is 2.24. The zero-order chi connectivity index (χ0) is 20.3. The van der Waals surface area contributed by atoms with Crippen LogP contribution in [0.3, 0.4) is 0 Å². The van der Waals surface area contributed by atoms with Crippen LogP contribution in [0.2, 0.25) is 0 Å². The third-order valence-electron chi connectivity index (χ3n) is 4.69. The van der Waals surface area contributed by atoms with Gasteiger partial charge in [-0.25, -0.2) is 0 Å². The standard InChI is InChI=1S/C22H23N3O3/c1-4-19(26)25-16-11-9-15(10-12-16)13(2)24-22(28)21(27)20-14(3)23-18-8-6-5-7-17(18)20/h5-13,23H,4H2,1-3H3,(H,24,28)(H,25,26). The third-order valence-corrected chi connectivity index (χ3v) is 4.69. The van der Waals surface area contributed by atoms with Crippen molar-refractivity contribution in [2.45, 2.75) is 33.2 Å². The van der Waals surface area contributed by atoms with Crippen LogP contribution in [0.1, 0.15) is 47.9 Å². The number of hydrogen-bond acceptors (Lipinski definition) is 3. The number of carbonyl (C=O) groups excluding carboxylic acids is 3. The Bertz CT molecular complexity index is 1030. The first-order chi connectivity index (χ1) is 13.4. The van der Waals surface area contributed by atoms with E-state index in [4.69, 9.17) is 0 Å². The lowest BCUT2D eigenvalue weighted by Crippen LogP contribution is -2.33. The topological polar surface area (TPSA) is 91.1 Å². The first kappa shape index (κ1) is 19.4. The summed E-state index contributed by atoms with van der Waals surface area (Å²) in [5, 5.41) is 6.27. The Morgan fingerprint density at radius 1 is 1.04 bits per heavy atom. The minimum atomic E-state index is -0.649. The van der Waals surface area contributed by atoms with E-state index in [1.165, 1.54) is 0 Å². The van der Waals surface area contributed by atoms with Gasteiger partial charge in [0, 0.05) is 28.7 Å². The first-order valence-corrected chi connectivity index (χ1v) is 9.23. The van der Waals surface area contributed by atoms with Gasteiger partial charge < -0.3 is 15.6 Å². The summed E-state index contributed by atoms with van der Waals surface area (Å²) in [6.45, 7) is 5.38. The molecule has 6 nitrogen and oxygen atoms in total. The third kappa shape index (κ3) is 3.96. The number of para-hydroxylation sites is 1. The summed E-state index contributed by atoms with van der Waals surface area (Å²) in [5.74, 6) is -1.27. The van der Waals surface area contributed by atoms with Crippen LogP contribution in [-0.2, 0) is 9.59 Å². The van der Waals surface area contributed by atoms with Gasteiger partial charge in [0.15, 0.2) is 0 Å². The maximum absolute atomic E-state index is 12.7. The van der Waals surface area contributed by atoms with E-state index >= 15 is 0 Å². The Balaban J connectivity index is 1.72. The molecule has 0 aliphatic heterocycles. The number of hydrogen-bond donors (Lipinski definition) is 3. The minimum Gasteiger partial charge on any atom is -0.358 e. The molecule has 1 aromatic heterocycles. The lowest BCUT2D eigenvalue weighted by atomic mass is 10.0. The van der Waals surface area contributed by atoms with Gasteiger partial charge in [-0.3, -0.25) is 14.4 Å². The lowest BCUT2D eigenvalue weighted by Gasteiger charge is -2.14. The molecule has 0 aliphatic carbocycles. The zero-order valence-electron chi connectivity index (χ0n) is 16.1. The Hall–Kier alpha value is -3.41. The van der Waals surface area contributed by atoms with Crippen molar-refractivity contribution in [1.29, 1.82) is 0 Å². The molecule has 1 atom stereocenters. The van der Waals surface area contributed by atoms with E-state index in [0.717, 1.165) is 16.5 Å². The number of ketones is 1. The molecule has 1 unspecified atom stereocenters. The summed E-state index contributed by atoms with van der Waals surface area (Å²) in [7, 11) is 0. The molecule has 0 radical (unpaired) electrons. The molecule has 0 aliphatic rings. The van der Waals surface area contributed by atoms with E-state index in [1.807, 2.05) is 43.3 Å².